The molecule has 1 aromatic carbocycles. The highest BCUT2D eigenvalue weighted by Crippen LogP contribution is 2.67. The van der Waals surface area contributed by atoms with E-state index < -0.39 is 12.0 Å². The zero-order valence-electron chi connectivity index (χ0n) is 17.0. The summed E-state index contributed by atoms with van der Waals surface area (Å²) in [7, 11) is 1.53. The first-order chi connectivity index (χ1) is 15.4. The van der Waals surface area contributed by atoms with Crippen LogP contribution < -0.4 is 19.5 Å². The molecular weight excluding hydrogens is 443 g/mol. The second-order valence-electron chi connectivity index (χ2n) is 8.15. The van der Waals surface area contributed by atoms with E-state index in [0.717, 1.165) is 19.3 Å². The van der Waals surface area contributed by atoms with Gasteiger partial charge < -0.3 is 23.7 Å². The van der Waals surface area contributed by atoms with E-state index in [-0.39, 0.29) is 28.7 Å². The summed E-state index contributed by atoms with van der Waals surface area (Å²) in [6.45, 7) is -0.0235. The number of benzene rings is 1. The number of aromatic nitrogens is 3. The average molecular weight is 463 g/mol. The molecule has 2 bridgehead atoms. The lowest BCUT2D eigenvalue weighted by Crippen LogP contribution is -2.77. The molecule has 3 aromatic rings. The van der Waals surface area contributed by atoms with Crippen molar-refractivity contribution < 1.29 is 28.1 Å². The molecule has 11 heteroatoms. The van der Waals surface area contributed by atoms with Crippen molar-refractivity contribution in [1.82, 2.24) is 20.5 Å². The van der Waals surface area contributed by atoms with Gasteiger partial charge in [-0.15, -0.1) is 5.10 Å². The number of halogens is 2. The second-order valence-corrected chi connectivity index (χ2v) is 8.56. The summed E-state index contributed by atoms with van der Waals surface area (Å²) in [6, 6.07) is 7.50. The summed E-state index contributed by atoms with van der Waals surface area (Å²) in [6.07, 6.45) is 2.89. The van der Waals surface area contributed by atoms with Crippen LogP contribution in [0.3, 0.4) is 0 Å². The van der Waals surface area contributed by atoms with Gasteiger partial charge in [0.05, 0.1) is 23.7 Å². The topological polar surface area (TPSA) is 112 Å². The summed E-state index contributed by atoms with van der Waals surface area (Å²) < 4.78 is 35.2. The first-order valence-electron chi connectivity index (χ1n) is 9.94. The first-order valence-corrected chi connectivity index (χ1v) is 10.3. The van der Waals surface area contributed by atoms with Crippen LogP contribution in [0.4, 0.5) is 4.39 Å². The van der Waals surface area contributed by atoms with E-state index in [2.05, 4.69) is 20.5 Å². The van der Waals surface area contributed by atoms with Gasteiger partial charge >= 0.3 is 6.08 Å². The van der Waals surface area contributed by atoms with E-state index in [9.17, 15) is 9.50 Å². The number of hydrogen-bond acceptors (Lipinski definition) is 9. The Labute approximate surface area is 187 Å². The van der Waals surface area contributed by atoms with Crippen molar-refractivity contribution in [3.63, 3.8) is 0 Å². The smallest absolute Gasteiger partial charge is 0.420 e. The van der Waals surface area contributed by atoms with Crippen LogP contribution in [-0.4, -0.2) is 45.8 Å². The lowest BCUT2D eigenvalue weighted by atomic mass is 9.39. The predicted octanol–water partition coefficient (Wildman–Crippen LogP) is 3.22. The Kier molecular flexibility index (Phi) is 5.15. The summed E-state index contributed by atoms with van der Waals surface area (Å²) in [5.74, 6) is 1.18. The predicted molar refractivity (Wildman–Crippen MR) is 109 cm³/mol. The maximum Gasteiger partial charge on any atom is 0.420 e. The van der Waals surface area contributed by atoms with Gasteiger partial charge in [-0.25, -0.2) is 9.37 Å². The summed E-state index contributed by atoms with van der Waals surface area (Å²) in [5.41, 5.74) is -0.414. The van der Waals surface area contributed by atoms with Gasteiger partial charge in [0, 0.05) is 17.7 Å². The summed E-state index contributed by atoms with van der Waals surface area (Å²) in [5, 5.41) is 21.6. The van der Waals surface area contributed by atoms with E-state index in [1.54, 1.807) is 18.2 Å². The fraction of sp³-hybridized carbons (Fsp3) is 0.381. The van der Waals surface area contributed by atoms with E-state index in [1.807, 2.05) is 0 Å². The molecule has 0 amide bonds. The Morgan fingerprint density at radius 1 is 1.22 bits per heavy atom. The van der Waals surface area contributed by atoms with Gasteiger partial charge in [-0.05, 0) is 37.5 Å². The largest absolute Gasteiger partial charge is 0.489 e. The van der Waals surface area contributed by atoms with Crippen molar-refractivity contribution in [3.8, 4) is 23.5 Å². The van der Waals surface area contributed by atoms with Crippen LogP contribution in [0.25, 0.3) is 0 Å². The zero-order chi connectivity index (χ0) is 22.3. The van der Waals surface area contributed by atoms with Crippen LogP contribution in [0.2, 0.25) is 5.02 Å². The van der Waals surface area contributed by atoms with Gasteiger partial charge in [-0.2, -0.15) is 0 Å². The number of rotatable bonds is 9. The number of pyridine rings is 1. The highest BCUT2D eigenvalue weighted by molar-refractivity contribution is 6.30. The minimum Gasteiger partial charge on any atom is -0.489 e. The molecule has 2 N–H and O–H groups in total. The standard InChI is InChI=1S/C21H20ClFN4O5/c1-29-17-5-3-13(7-24-17)31-19-27-26-18(32-19)20-9-21(10-20,11-20)25-16(28)8-30-12-2-4-14(22)15(23)6-12/h2-7,16,25,28H,8-11H2,1H3. The van der Waals surface area contributed by atoms with Gasteiger partial charge in [0.15, 0.2) is 5.75 Å². The monoisotopic (exact) mass is 462 g/mol. The highest BCUT2D eigenvalue weighted by Gasteiger charge is 2.71. The van der Waals surface area contributed by atoms with Gasteiger partial charge in [-0.3, -0.25) is 5.32 Å². The van der Waals surface area contributed by atoms with Crippen LogP contribution in [0.1, 0.15) is 25.2 Å². The van der Waals surface area contributed by atoms with Crippen molar-refractivity contribution >= 4 is 11.6 Å². The quantitative estimate of drug-likeness (QED) is 0.463. The lowest BCUT2D eigenvalue weighted by molar-refractivity contribution is -0.133. The molecule has 3 saturated carbocycles. The molecule has 6 rings (SSSR count). The molecule has 0 saturated heterocycles. The van der Waals surface area contributed by atoms with Crippen molar-refractivity contribution in [2.75, 3.05) is 13.7 Å². The number of aliphatic hydroxyl groups excluding tert-OH is 1. The number of aliphatic hydroxyl groups is 1. The Balaban J connectivity index is 1.11. The third kappa shape index (κ3) is 3.85. The van der Waals surface area contributed by atoms with Gasteiger partial charge in [0.25, 0.3) is 0 Å². The molecule has 1 unspecified atom stereocenters. The van der Waals surface area contributed by atoms with E-state index in [0.29, 0.717) is 23.3 Å². The van der Waals surface area contributed by atoms with Crippen LogP contribution in [0.15, 0.2) is 40.9 Å². The second kappa shape index (κ2) is 7.88. The fourth-order valence-corrected chi connectivity index (χ4v) is 4.54. The molecule has 2 aromatic heterocycles. The molecule has 3 aliphatic carbocycles. The van der Waals surface area contributed by atoms with Crippen LogP contribution in [-0.2, 0) is 5.41 Å². The summed E-state index contributed by atoms with van der Waals surface area (Å²) >= 11 is 5.65. The van der Waals surface area contributed by atoms with Gasteiger partial charge in [-0.1, -0.05) is 16.7 Å². The van der Waals surface area contributed by atoms with Crippen LogP contribution in [0, 0.1) is 5.82 Å². The SMILES string of the molecule is COc1ccc(Oc2nnc(C34CC(NC(O)COc5ccc(Cl)c(F)c5)(C3)C4)o2)cn1. The minimum absolute atomic E-state index is 0.0189. The molecule has 1 atom stereocenters. The van der Waals surface area contributed by atoms with Crippen molar-refractivity contribution in [2.24, 2.45) is 0 Å². The third-order valence-corrected chi connectivity index (χ3v) is 6.09. The number of nitrogens with zero attached hydrogens (tertiary/aromatic N) is 3. The number of methoxy groups -OCH3 is 1. The van der Waals surface area contributed by atoms with E-state index in [1.165, 1.54) is 25.4 Å². The fourth-order valence-electron chi connectivity index (χ4n) is 4.42. The van der Waals surface area contributed by atoms with Crippen molar-refractivity contribution in [2.45, 2.75) is 36.4 Å². The van der Waals surface area contributed by atoms with Crippen molar-refractivity contribution in [1.29, 1.82) is 0 Å². The van der Waals surface area contributed by atoms with Crippen LogP contribution in [0.5, 0.6) is 23.5 Å². The Morgan fingerprint density at radius 3 is 2.69 bits per heavy atom. The molecule has 3 fully saturated rings. The maximum absolute atomic E-state index is 13.5. The number of hydrogen-bond donors (Lipinski definition) is 2. The molecule has 32 heavy (non-hydrogen) atoms. The van der Waals surface area contributed by atoms with E-state index >= 15 is 0 Å². The summed E-state index contributed by atoms with van der Waals surface area (Å²) in [4.78, 5) is 4.06. The van der Waals surface area contributed by atoms with Gasteiger partial charge in [0.1, 0.15) is 24.4 Å². The molecule has 0 aliphatic heterocycles. The molecule has 168 valence electrons. The first kappa shape index (κ1) is 20.9. The molecule has 0 radical (unpaired) electrons. The molecule has 2 heterocycles. The Bertz CT molecular complexity index is 1110. The number of nitrogens with one attached hydrogen (secondary N) is 1. The molecular formula is C21H20ClFN4O5. The molecule has 3 aliphatic rings. The maximum atomic E-state index is 13.5. The molecule has 9 nitrogen and oxygen atoms in total. The third-order valence-electron chi connectivity index (χ3n) is 5.79. The van der Waals surface area contributed by atoms with Crippen molar-refractivity contribution in [3.05, 3.63) is 53.3 Å². The minimum atomic E-state index is -0.906. The van der Waals surface area contributed by atoms with Gasteiger partial charge in [0.2, 0.25) is 11.8 Å². The van der Waals surface area contributed by atoms with Crippen LogP contribution >= 0.6 is 11.6 Å². The number of ether oxygens (including phenoxy) is 3. The molecule has 0 spiro atoms. The average Bonchev–Trinajstić information content (AvgIpc) is 3.19. The Morgan fingerprint density at radius 2 is 2.00 bits per heavy atom. The zero-order valence-corrected chi connectivity index (χ0v) is 17.8. The Hall–Kier alpha value is -2.95. The highest BCUT2D eigenvalue weighted by atomic mass is 35.5. The normalized spacial score (nSPS) is 24.2. The van der Waals surface area contributed by atoms with E-state index in [4.69, 9.17) is 30.2 Å². The lowest BCUT2D eigenvalue weighted by Gasteiger charge is -2.69.